The zero-order valence-electron chi connectivity index (χ0n) is 7.90. The molecule has 0 spiro atoms. The molecule has 1 saturated carbocycles. The molecule has 2 unspecified atom stereocenters. The lowest BCUT2D eigenvalue weighted by atomic mass is 9.87. The van der Waals surface area contributed by atoms with Crippen LogP contribution in [-0.2, 0) is 14.3 Å². The molecule has 0 amide bonds. The summed E-state index contributed by atoms with van der Waals surface area (Å²) < 4.78 is 26.6. The summed E-state index contributed by atoms with van der Waals surface area (Å²) in [4.78, 5) is 0. The fourth-order valence-corrected chi connectivity index (χ4v) is 2.40. The van der Waals surface area contributed by atoms with E-state index < -0.39 is 10.1 Å². The molecule has 0 saturated heterocycles. The van der Waals surface area contributed by atoms with Crippen molar-refractivity contribution in [2.45, 2.75) is 31.8 Å². The topological polar surface area (TPSA) is 43.4 Å². The molecule has 0 heterocycles. The second-order valence-electron chi connectivity index (χ2n) is 3.58. The maximum atomic E-state index is 10.8. The molecule has 0 aromatic carbocycles. The van der Waals surface area contributed by atoms with E-state index in [1.807, 2.05) is 6.08 Å². The molecular formula is C9H16O3S. The minimum Gasteiger partial charge on any atom is -0.267 e. The van der Waals surface area contributed by atoms with Crippen LogP contribution in [0.4, 0.5) is 0 Å². The lowest BCUT2D eigenvalue weighted by Gasteiger charge is -2.25. The van der Waals surface area contributed by atoms with Gasteiger partial charge in [-0.2, -0.15) is 8.42 Å². The van der Waals surface area contributed by atoms with Gasteiger partial charge in [0.2, 0.25) is 0 Å². The Labute approximate surface area is 79.9 Å². The number of rotatable bonds is 3. The van der Waals surface area contributed by atoms with Gasteiger partial charge in [-0.3, -0.25) is 4.18 Å². The maximum Gasteiger partial charge on any atom is 0.264 e. The van der Waals surface area contributed by atoms with Crippen LogP contribution in [0, 0.1) is 5.92 Å². The summed E-state index contributed by atoms with van der Waals surface area (Å²) in [6.45, 7) is 3.71. The molecule has 1 rings (SSSR count). The Balaban J connectivity index is 2.47. The fourth-order valence-electron chi connectivity index (χ4n) is 1.73. The van der Waals surface area contributed by atoms with Crippen molar-refractivity contribution < 1.29 is 12.6 Å². The van der Waals surface area contributed by atoms with Gasteiger partial charge >= 0.3 is 0 Å². The Morgan fingerprint density at radius 1 is 1.46 bits per heavy atom. The van der Waals surface area contributed by atoms with Gasteiger partial charge in [-0.25, -0.2) is 0 Å². The Hall–Kier alpha value is -0.350. The summed E-state index contributed by atoms with van der Waals surface area (Å²) in [5.41, 5.74) is 0. The SMILES string of the molecule is C=CC1CCCC(OS(C)(=O)=O)C1. The third-order valence-corrected chi connectivity index (χ3v) is 2.93. The van der Waals surface area contributed by atoms with Crippen LogP contribution in [0.2, 0.25) is 0 Å². The largest absolute Gasteiger partial charge is 0.267 e. The van der Waals surface area contributed by atoms with Crippen LogP contribution in [0.1, 0.15) is 25.7 Å². The molecule has 0 aromatic rings. The highest BCUT2D eigenvalue weighted by molar-refractivity contribution is 7.86. The van der Waals surface area contributed by atoms with Crippen LogP contribution in [-0.4, -0.2) is 20.8 Å². The van der Waals surface area contributed by atoms with Crippen LogP contribution in [0.25, 0.3) is 0 Å². The average Bonchev–Trinajstić information content (AvgIpc) is 2.01. The zero-order chi connectivity index (χ0) is 9.90. The van der Waals surface area contributed by atoms with E-state index in [4.69, 9.17) is 4.18 Å². The fraction of sp³-hybridized carbons (Fsp3) is 0.778. The van der Waals surface area contributed by atoms with Crippen molar-refractivity contribution in [3.8, 4) is 0 Å². The van der Waals surface area contributed by atoms with Crippen molar-refractivity contribution in [2.75, 3.05) is 6.26 Å². The molecule has 2 atom stereocenters. The standard InChI is InChI=1S/C9H16O3S/c1-3-8-5-4-6-9(7-8)12-13(2,10)11/h3,8-9H,1,4-7H2,2H3. The van der Waals surface area contributed by atoms with Gasteiger partial charge in [0.05, 0.1) is 12.4 Å². The van der Waals surface area contributed by atoms with Gasteiger partial charge in [0.25, 0.3) is 10.1 Å². The van der Waals surface area contributed by atoms with E-state index in [0.29, 0.717) is 5.92 Å². The zero-order valence-corrected chi connectivity index (χ0v) is 8.72. The summed E-state index contributed by atoms with van der Waals surface area (Å²) in [6, 6.07) is 0. The minimum absolute atomic E-state index is 0.133. The van der Waals surface area contributed by atoms with Gasteiger partial charge in [-0.05, 0) is 25.2 Å². The molecule has 0 N–H and O–H groups in total. The van der Waals surface area contributed by atoms with Gasteiger partial charge in [0, 0.05) is 0 Å². The van der Waals surface area contributed by atoms with Crippen molar-refractivity contribution in [3.05, 3.63) is 12.7 Å². The van der Waals surface area contributed by atoms with E-state index in [9.17, 15) is 8.42 Å². The van der Waals surface area contributed by atoms with Gasteiger partial charge in [-0.15, -0.1) is 6.58 Å². The molecule has 0 aromatic heterocycles. The van der Waals surface area contributed by atoms with E-state index in [2.05, 4.69) is 6.58 Å². The Morgan fingerprint density at radius 3 is 2.69 bits per heavy atom. The predicted molar refractivity (Wildman–Crippen MR) is 51.9 cm³/mol. The number of hydrogen-bond donors (Lipinski definition) is 0. The third kappa shape index (κ3) is 3.91. The van der Waals surface area contributed by atoms with Crippen LogP contribution in [0.15, 0.2) is 12.7 Å². The lowest BCUT2D eigenvalue weighted by Crippen LogP contribution is -2.24. The summed E-state index contributed by atoms with van der Waals surface area (Å²) in [7, 11) is -3.29. The second-order valence-corrected chi connectivity index (χ2v) is 5.19. The third-order valence-electron chi connectivity index (χ3n) is 2.31. The minimum atomic E-state index is -3.29. The number of allylic oxidation sites excluding steroid dienone is 1. The summed E-state index contributed by atoms with van der Waals surface area (Å²) in [5.74, 6) is 0.417. The average molecular weight is 204 g/mol. The van der Waals surface area contributed by atoms with Crippen molar-refractivity contribution in [3.63, 3.8) is 0 Å². The molecule has 3 nitrogen and oxygen atoms in total. The van der Waals surface area contributed by atoms with Crippen LogP contribution >= 0.6 is 0 Å². The van der Waals surface area contributed by atoms with E-state index in [0.717, 1.165) is 31.9 Å². The molecule has 4 heteroatoms. The van der Waals surface area contributed by atoms with Crippen LogP contribution in [0.5, 0.6) is 0 Å². The van der Waals surface area contributed by atoms with Crippen LogP contribution < -0.4 is 0 Å². The first-order chi connectivity index (χ1) is 6.01. The number of hydrogen-bond acceptors (Lipinski definition) is 3. The van der Waals surface area contributed by atoms with Gasteiger partial charge in [-0.1, -0.05) is 12.5 Å². The van der Waals surface area contributed by atoms with Crippen molar-refractivity contribution in [1.82, 2.24) is 0 Å². The van der Waals surface area contributed by atoms with Crippen molar-refractivity contribution in [1.29, 1.82) is 0 Å². The van der Waals surface area contributed by atoms with Gasteiger partial charge in [0.15, 0.2) is 0 Å². The Bertz CT molecular complexity index is 269. The molecule has 76 valence electrons. The molecule has 0 aliphatic heterocycles. The van der Waals surface area contributed by atoms with Crippen molar-refractivity contribution >= 4 is 10.1 Å². The molecule has 0 radical (unpaired) electrons. The van der Waals surface area contributed by atoms with Crippen molar-refractivity contribution in [2.24, 2.45) is 5.92 Å². The lowest BCUT2D eigenvalue weighted by molar-refractivity contribution is 0.145. The predicted octanol–water partition coefficient (Wildman–Crippen LogP) is 1.71. The highest BCUT2D eigenvalue weighted by atomic mass is 32.2. The summed E-state index contributed by atoms with van der Waals surface area (Å²) in [5, 5.41) is 0. The quantitative estimate of drug-likeness (QED) is 0.519. The summed E-state index contributed by atoms with van der Waals surface area (Å²) >= 11 is 0. The molecule has 13 heavy (non-hydrogen) atoms. The highest BCUT2D eigenvalue weighted by Gasteiger charge is 2.23. The van der Waals surface area contributed by atoms with E-state index in [-0.39, 0.29) is 6.10 Å². The Morgan fingerprint density at radius 2 is 2.15 bits per heavy atom. The summed E-state index contributed by atoms with van der Waals surface area (Å²) in [6.07, 6.45) is 6.62. The van der Waals surface area contributed by atoms with Gasteiger partial charge in [0.1, 0.15) is 0 Å². The molecule has 1 aliphatic carbocycles. The van der Waals surface area contributed by atoms with E-state index >= 15 is 0 Å². The van der Waals surface area contributed by atoms with E-state index in [1.165, 1.54) is 0 Å². The molecular weight excluding hydrogens is 188 g/mol. The van der Waals surface area contributed by atoms with Crippen LogP contribution in [0.3, 0.4) is 0 Å². The molecule has 1 aliphatic rings. The smallest absolute Gasteiger partial charge is 0.264 e. The molecule has 1 fully saturated rings. The monoisotopic (exact) mass is 204 g/mol. The first-order valence-corrected chi connectivity index (χ1v) is 6.34. The second kappa shape index (κ2) is 4.24. The normalized spacial score (nSPS) is 29.9. The first-order valence-electron chi connectivity index (χ1n) is 4.52. The highest BCUT2D eigenvalue weighted by Crippen LogP contribution is 2.27. The Kier molecular flexibility index (Phi) is 3.50. The maximum absolute atomic E-state index is 10.8. The molecule has 0 bridgehead atoms. The van der Waals surface area contributed by atoms with E-state index in [1.54, 1.807) is 0 Å². The van der Waals surface area contributed by atoms with Gasteiger partial charge < -0.3 is 0 Å². The first kappa shape index (κ1) is 10.7.